The zero-order chi connectivity index (χ0) is 8.97. The molecule has 0 spiro atoms. The lowest BCUT2D eigenvalue weighted by molar-refractivity contribution is 0.950. The van der Waals surface area contributed by atoms with E-state index in [0.29, 0.717) is 11.5 Å². The zero-order valence-corrected chi connectivity index (χ0v) is 7.10. The third-order valence-electron chi connectivity index (χ3n) is 1.18. The molecule has 2 N–H and O–H groups in total. The van der Waals surface area contributed by atoms with Gasteiger partial charge >= 0.3 is 0 Å². The number of rotatable bonds is 0. The van der Waals surface area contributed by atoms with Gasteiger partial charge in [0.25, 0.3) is 0 Å². The van der Waals surface area contributed by atoms with E-state index in [0.717, 1.165) is 0 Å². The number of nitrogen functional groups attached to an aromatic ring is 1. The molecule has 0 aliphatic carbocycles. The number of hydrogen-bond acceptors (Lipinski definition) is 4. The Morgan fingerprint density at radius 1 is 1.33 bits per heavy atom. The summed E-state index contributed by atoms with van der Waals surface area (Å²) in [5.41, 5.74) is 6.09. The maximum absolute atomic E-state index is 5.38. The van der Waals surface area contributed by atoms with Gasteiger partial charge in [0.15, 0.2) is 5.65 Å². The molecule has 2 rings (SSSR count). The first-order valence-corrected chi connectivity index (χ1v) is 3.77. The molecule has 0 unspecified atom stereocenters. The van der Waals surface area contributed by atoms with E-state index in [9.17, 15) is 0 Å². The van der Waals surface area contributed by atoms with Crippen molar-refractivity contribution in [2.24, 2.45) is 0 Å². The van der Waals surface area contributed by atoms with Crippen LogP contribution in [0, 0.1) is 0 Å². The molecule has 0 aliphatic rings. The van der Waals surface area contributed by atoms with Gasteiger partial charge in [-0.1, -0.05) is 13.8 Å². The molecule has 2 heterocycles. The van der Waals surface area contributed by atoms with Crippen molar-refractivity contribution in [1.82, 2.24) is 19.6 Å². The minimum atomic E-state index is 0.443. The van der Waals surface area contributed by atoms with Gasteiger partial charge in [-0.15, -0.1) is 0 Å². The first-order valence-electron chi connectivity index (χ1n) is 3.77. The quantitative estimate of drug-likeness (QED) is 0.624. The van der Waals surface area contributed by atoms with Crippen LogP contribution in [-0.4, -0.2) is 19.6 Å². The topological polar surface area (TPSA) is 69.1 Å². The minimum absolute atomic E-state index is 0.443. The predicted octanol–water partition coefficient (Wildman–Crippen LogP) is 0.733. The van der Waals surface area contributed by atoms with Gasteiger partial charge < -0.3 is 5.73 Å². The van der Waals surface area contributed by atoms with Gasteiger partial charge in [0.2, 0.25) is 0 Å². The number of nitrogens with zero attached hydrogens (tertiary/aromatic N) is 4. The molecule has 2 aromatic rings. The number of fused-ring (bicyclic) bond motifs is 1. The summed E-state index contributed by atoms with van der Waals surface area (Å²) < 4.78 is 1.57. The summed E-state index contributed by atoms with van der Waals surface area (Å²) in [6.45, 7) is 4.00. The van der Waals surface area contributed by atoms with Gasteiger partial charge in [0.1, 0.15) is 12.1 Å². The van der Waals surface area contributed by atoms with E-state index >= 15 is 0 Å². The number of nitrogens with two attached hydrogens (primary N) is 1. The van der Waals surface area contributed by atoms with Crippen LogP contribution in [0.1, 0.15) is 13.8 Å². The highest BCUT2D eigenvalue weighted by Gasteiger charge is 1.93. The highest BCUT2D eigenvalue weighted by atomic mass is 15.3. The highest BCUT2D eigenvalue weighted by Crippen LogP contribution is 1.97. The summed E-state index contributed by atoms with van der Waals surface area (Å²) in [5.74, 6) is 0.443. The molecule has 0 saturated carbocycles. The van der Waals surface area contributed by atoms with Crippen LogP contribution in [-0.2, 0) is 0 Å². The average molecular weight is 165 g/mol. The second kappa shape index (κ2) is 3.66. The maximum Gasteiger partial charge on any atom is 0.173 e. The molecule has 0 fully saturated rings. The molecule has 0 amide bonds. The number of hydrogen-bond donors (Lipinski definition) is 1. The van der Waals surface area contributed by atoms with Crippen molar-refractivity contribution >= 4 is 11.5 Å². The summed E-state index contributed by atoms with van der Waals surface area (Å²) >= 11 is 0. The van der Waals surface area contributed by atoms with Gasteiger partial charge in [-0.2, -0.15) is 5.10 Å². The normalized spacial score (nSPS) is 9.17. The van der Waals surface area contributed by atoms with E-state index in [2.05, 4.69) is 15.1 Å². The summed E-state index contributed by atoms with van der Waals surface area (Å²) in [4.78, 5) is 7.73. The summed E-state index contributed by atoms with van der Waals surface area (Å²) in [5, 5.41) is 3.87. The molecule has 0 bridgehead atoms. The van der Waals surface area contributed by atoms with Crippen molar-refractivity contribution < 1.29 is 0 Å². The van der Waals surface area contributed by atoms with Crippen LogP contribution >= 0.6 is 0 Å². The number of aromatic nitrogens is 4. The lowest BCUT2D eigenvalue weighted by Gasteiger charge is -1.90. The van der Waals surface area contributed by atoms with Gasteiger partial charge in [-0.25, -0.2) is 14.5 Å². The van der Waals surface area contributed by atoms with Crippen LogP contribution in [0.5, 0.6) is 0 Å². The average Bonchev–Trinajstić information content (AvgIpc) is 2.54. The van der Waals surface area contributed by atoms with Gasteiger partial charge in [0, 0.05) is 0 Å². The molecule has 0 radical (unpaired) electrons. The van der Waals surface area contributed by atoms with Gasteiger partial charge in [-0.05, 0) is 0 Å². The fourth-order valence-electron chi connectivity index (χ4n) is 0.742. The van der Waals surface area contributed by atoms with Crippen LogP contribution in [0.15, 0.2) is 18.7 Å². The Balaban J connectivity index is 0.000000336. The molecule has 64 valence electrons. The van der Waals surface area contributed by atoms with E-state index in [-0.39, 0.29) is 0 Å². The lowest BCUT2D eigenvalue weighted by atomic mass is 10.7. The standard InChI is InChI=1S/C5H5N5.C2H6/c6-4-2-10-5(1-7-4)8-3-9-10;1-2/h1-3H,6H2;1-2H3. The highest BCUT2D eigenvalue weighted by molar-refractivity contribution is 5.37. The van der Waals surface area contributed by atoms with Crippen molar-refractivity contribution in [3.05, 3.63) is 18.7 Å². The van der Waals surface area contributed by atoms with Crippen molar-refractivity contribution in [3.63, 3.8) is 0 Å². The first-order chi connectivity index (χ1) is 5.86. The van der Waals surface area contributed by atoms with Crippen LogP contribution < -0.4 is 5.73 Å². The van der Waals surface area contributed by atoms with Gasteiger partial charge in [-0.3, -0.25) is 0 Å². The van der Waals surface area contributed by atoms with Crippen molar-refractivity contribution in [3.8, 4) is 0 Å². The Bertz CT molecular complexity index is 353. The molecular weight excluding hydrogens is 154 g/mol. The maximum atomic E-state index is 5.38. The van der Waals surface area contributed by atoms with Gasteiger partial charge in [0.05, 0.1) is 12.4 Å². The van der Waals surface area contributed by atoms with Crippen molar-refractivity contribution in [1.29, 1.82) is 0 Å². The Morgan fingerprint density at radius 2 is 2.08 bits per heavy atom. The zero-order valence-electron chi connectivity index (χ0n) is 7.10. The molecule has 0 aliphatic heterocycles. The predicted molar refractivity (Wildman–Crippen MR) is 46.5 cm³/mol. The Morgan fingerprint density at radius 3 is 2.83 bits per heavy atom. The SMILES string of the molecule is CC.Nc1cn2ncnc2cn1. The first kappa shape index (κ1) is 8.45. The summed E-state index contributed by atoms with van der Waals surface area (Å²) in [6.07, 6.45) is 4.64. The summed E-state index contributed by atoms with van der Waals surface area (Å²) in [7, 11) is 0. The van der Waals surface area contributed by atoms with E-state index in [1.807, 2.05) is 13.8 Å². The lowest BCUT2D eigenvalue weighted by Crippen LogP contribution is -1.94. The second-order valence-corrected chi connectivity index (χ2v) is 1.87. The Hall–Kier alpha value is -1.65. The van der Waals surface area contributed by atoms with Crippen LogP contribution in [0.25, 0.3) is 5.65 Å². The van der Waals surface area contributed by atoms with E-state index in [1.54, 1.807) is 16.9 Å². The summed E-state index contributed by atoms with van der Waals surface area (Å²) in [6, 6.07) is 0. The van der Waals surface area contributed by atoms with E-state index < -0.39 is 0 Å². The Kier molecular flexibility index (Phi) is 2.57. The molecule has 2 aromatic heterocycles. The molecule has 12 heavy (non-hydrogen) atoms. The van der Waals surface area contributed by atoms with Crippen LogP contribution in [0.3, 0.4) is 0 Å². The fraction of sp³-hybridized carbons (Fsp3) is 0.286. The third kappa shape index (κ3) is 1.50. The van der Waals surface area contributed by atoms with E-state index in [1.165, 1.54) is 6.33 Å². The largest absolute Gasteiger partial charge is 0.382 e. The molecule has 0 aromatic carbocycles. The monoisotopic (exact) mass is 165 g/mol. The number of anilines is 1. The molecule has 0 atom stereocenters. The smallest absolute Gasteiger partial charge is 0.173 e. The Labute approximate surface area is 70.3 Å². The fourth-order valence-corrected chi connectivity index (χ4v) is 0.742. The molecule has 5 nitrogen and oxygen atoms in total. The second-order valence-electron chi connectivity index (χ2n) is 1.87. The van der Waals surface area contributed by atoms with Crippen LogP contribution in [0.4, 0.5) is 5.82 Å². The molecular formula is C7H11N5. The minimum Gasteiger partial charge on any atom is -0.382 e. The third-order valence-corrected chi connectivity index (χ3v) is 1.18. The van der Waals surface area contributed by atoms with E-state index in [4.69, 9.17) is 5.73 Å². The van der Waals surface area contributed by atoms with Crippen molar-refractivity contribution in [2.45, 2.75) is 13.8 Å². The van der Waals surface area contributed by atoms with Crippen LogP contribution in [0.2, 0.25) is 0 Å². The molecule has 0 saturated heterocycles. The molecule has 5 heteroatoms. The van der Waals surface area contributed by atoms with Crippen molar-refractivity contribution in [2.75, 3.05) is 5.73 Å².